The van der Waals surface area contributed by atoms with Crippen molar-refractivity contribution in [1.29, 1.82) is 0 Å². The van der Waals surface area contributed by atoms with E-state index in [0.717, 1.165) is 25.5 Å². The summed E-state index contributed by atoms with van der Waals surface area (Å²) in [5, 5.41) is 0.785. The van der Waals surface area contributed by atoms with Crippen molar-refractivity contribution in [1.82, 2.24) is 0 Å². The van der Waals surface area contributed by atoms with Crippen LogP contribution >= 0.6 is 31.9 Å². The number of hydrogen-bond acceptors (Lipinski definition) is 4. The van der Waals surface area contributed by atoms with E-state index in [1.54, 1.807) is 19.2 Å². The van der Waals surface area contributed by atoms with Gasteiger partial charge in [-0.1, -0.05) is 0 Å². The molecule has 0 saturated heterocycles. The number of rotatable bonds is 4. The maximum atomic E-state index is 11.8. The van der Waals surface area contributed by atoms with E-state index in [0.29, 0.717) is 17.1 Å². The smallest absolute Gasteiger partial charge is 0.336 e. The van der Waals surface area contributed by atoms with Gasteiger partial charge >= 0.3 is 5.63 Å². The molecule has 2 aromatic carbocycles. The number of fused-ring (bicyclic) bond motifs is 1. The highest BCUT2D eigenvalue weighted by Crippen LogP contribution is 2.35. The van der Waals surface area contributed by atoms with E-state index in [9.17, 15) is 4.79 Å². The summed E-state index contributed by atoms with van der Waals surface area (Å²) in [5.41, 5.74) is 1.94. The van der Waals surface area contributed by atoms with Gasteiger partial charge in [-0.2, -0.15) is 0 Å². The molecule has 0 N–H and O–H groups in total. The number of halogens is 2. The van der Waals surface area contributed by atoms with Crippen LogP contribution in [0.3, 0.4) is 0 Å². The third-order valence-electron chi connectivity index (χ3n) is 3.55. The van der Waals surface area contributed by atoms with Crippen LogP contribution in [0.1, 0.15) is 11.1 Å². The first-order chi connectivity index (χ1) is 11.5. The Balaban J connectivity index is 2.00. The van der Waals surface area contributed by atoms with Crippen LogP contribution in [-0.2, 0) is 6.61 Å². The van der Waals surface area contributed by atoms with Gasteiger partial charge in [-0.25, -0.2) is 4.79 Å². The summed E-state index contributed by atoms with van der Waals surface area (Å²) in [7, 11) is 1.59. The molecule has 0 unspecified atom stereocenters. The molecule has 0 amide bonds. The number of aryl methyl sites for hydroxylation is 1. The van der Waals surface area contributed by atoms with Crippen LogP contribution in [0.5, 0.6) is 11.5 Å². The number of ether oxygens (including phenoxy) is 2. The molecule has 0 aliphatic carbocycles. The van der Waals surface area contributed by atoms with Gasteiger partial charge in [-0.05, 0) is 74.7 Å². The Morgan fingerprint density at radius 2 is 1.79 bits per heavy atom. The van der Waals surface area contributed by atoms with E-state index in [1.807, 2.05) is 25.1 Å². The lowest BCUT2D eigenvalue weighted by atomic mass is 10.1. The van der Waals surface area contributed by atoms with Crippen LogP contribution in [0, 0.1) is 6.92 Å². The Kier molecular flexibility index (Phi) is 4.96. The minimum absolute atomic E-state index is 0.232. The normalized spacial score (nSPS) is 10.8. The second kappa shape index (κ2) is 6.99. The van der Waals surface area contributed by atoms with E-state index in [2.05, 4.69) is 31.9 Å². The fraction of sp³-hybridized carbons (Fsp3) is 0.167. The van der Waals surface area contributed by atoms with Crippen molar-refractivity contribution >= 4 is 42.8 Å². The summed E-state index contributed by atoms with van der Waals surface area (Å²) >= 11 is 7.01. The maximum Gasteiger partial charge on any atom is 0.336 e. The zero-order valence-corrected chi connectivity index (χ0v) is 16.2. The zero-order chi connectivity index (χ0) is 17.3. The summed E-state index contributed by atoms with van der Waals surface area (Å²) < 4.78 is 18.1. The summed E-state index contributed by atoms with van der Waals surface area (Å²) in [6.45, 7) is 2.23. The van der Waals surface area contributed by atoms with Crippen LogP contribution in [-0.4, -0.2) is 7.11 Å². The van der Waals surface area contributed by atoms with Gasteiger partial charge in [-0.15, -0.1) is 0 Å². The molecule has 0 spiro atoms. The molecule has 3 rings (SSSR count). The highest BCUT2D eigenvalue weighted by molar-refractivity contribution is 9.11. The summed E-state index contributed by atoms with van der Waals surface area (Å²) in [6.07, 6.45) is 0. The molecule has 0 atom stereocenters. The van der Waals surface area contributed by atoms with Crippen molar-refractivity contribution < 1.29 is 13.9 Å². The van der Waals surface area contributed by atoms with Crippen molar-refractivity contribution in [2.24, 2.45) is 0 Å². The van der Waals surface area contributed by atoms with E-state index >= 15 is 0 Å². The second-order valence-corrected chi connectivity index (χ2v) is 7.01. The third kappa shape index (κ3) is 3.49. The average Bonchev–Trinajstić information content (AvgIpc) is 2.53. The van der Waals surface area contributed by atoms with Crippen LogP contribution in [0.15, 0.2) is 54.6 Å². The van der Waals surface area contributed by atoms with Gasteiger partial charge < -0.3 is 13.9 Å². The van der Waals surface area contributed by atoms with Gasteiger partial charge in [-0.3, -0.25) is 0 Å². The van der Waals surface area contributed by atoms with Gasteiger partial charge in [0.1, 0.15) is 23.7 Å². The molecule has 124 valence electrons. The number of hydrogen-bond donors (Lipinski definition) is 0. The van der Waals surface area contributed by atoms with Gasteiger partial charge in [0.25, 0.3) is 0 Å². The van der Waals surface area contributed by atoms with E-state index in [-0.39, 0.29) is 6.61 Å². The lowest BCUT2D eigenvalue weighted by Crippen LogP contribution is -2.04. The SMILES string of the molecule is COc1ccc2oc(=O)cc(COc3c(Br)cc(C)cc3Br)c2c1. The first kappa shape index (κ1) is 17.0. The zero-order valence-electron chi connectivity index (χ0n) is 13.1. The molecule has 24 heavy (non-hydrogen) atoms. The summed E-state index contributed by atoms with van der Waals surface area (Å²) in [6, 6.07) is 10.7. The molecule has 4 nitrogen and oxygen atoms in total. The van der Waals surface area contributed by atoms with Gasteiger partial charge in [0.05, 0.1) is 16.1 Å². The molecule has 0 aliphatic rings. The third-order valence-corrected chi connectivity index (χ3v) is 4.73. The van der Waals surface area contributed by atoms with Crippen LogP contribution < -0.4 is 15.1 Å². The Morgan fingerprint density at radius 3 is 2.46 bits per heavy atom. The van der Waals surface area contributed by atoms with E-state index < -0.39 is 5.63 Å². The quantitative estimate of drug-likeness (QED) is 0.508. The number of benzene rings is 2. The highest BCUT2D eigenvalue weighted by atomic mass is 79.9. The largest absolute Gasteiger partial charge is 0.497 e. The molecular formula is C18H14Br2O4. The topological polar surface area (TPSA) is 48.7 Å². The molecule has 0 fully saturated rings. The molecule has 1 aromatic heterocycles. The minimum Gasteiger partial charge on any atom is -0.497 e. The molecule has 0 bridgehead atoms. The molecule has 0 aliphatic heterocycles. The molecule has 0 radical (unpaired) electrons. The molecule has 1 heterocycles. The van der Waals surface area contributed by atoms with Crippen molar-refractivity contribution in [2.45, 2.75) is 13.5 Å². The van der Waals surface area contributed by atoms with E-state index in [4.69, 9.17) is 13.9 Å². The van der Waals surface area contributed by atoms with Crippen molar-refractivity contribution in [3.8, 4) is 11.5 Å². The van der Waals surface area contributed by atoms with Gasteiger partial charge in [0, 0.05) is 17.0 Å². The lowest BCUT2D eigenvalue weighted by Gasteiger charge is -2.12. The first-order valence-electron chi connectivity index (χ1n) is 7.17. The molecule has 3 aromatic rings. The molecule has 0 saturated carbocycles. The Morgan fingerprint density at radius 1 is 1.08 bits per heavy atom. The van der Waals surface area contributed by atoms with Crippen LogP contribution in [0.4, 0.5) is 0 Å². The highest BCUT2D eigenvalue weighted by Gasteiger charge is 2.11. The first-order valence-corrected chi connectivity index (χ1v) is 8.76. The second-order valence-electron chi connectivity index (χ2n) is 5.30. The van der Waals surface area contributed by atoms with Crippen LogP contribution in [0.2, 0.25) is 0 Å². The average molecular weight is 454 g/mol. The monoisotopic (exact) mass is 452 g/mol. The summed E-state index contributed by atoms with van der Waals surface area (Å²) in [5.74, 6) is 1.38. The van der Waals surface area contributed by atoms with Crippen molar-refractivity contribution in [3.63, 3.8) is 0 Å². The number of methoxy groups -OCH3 is 1. The Labute approximate surface area is 155 Å². The summed E-state index contributed by atoms with van der Waals surface area (Å²) in [4.78, 5) is 11.8. The van der Waals surface area contributed by atoms with Crippen LogP contribution in [0.25, 0.3) is 11.0 Å². The molecular weight excluding hydrogens is 440 g/mol. The minimum atomic E-state index is -0.409. The molecule has 6 heteroatoms. The van der Waals surface area contributed by atoms with Gasteiger partial charge in [0.2, 0.25) is 0 Å². The fourth-order valence-corrected chi connectivity index (χ4v) is 4.07. The Bertz CT molecular complexity index is 940. The Hall–Kier alpha value is -1.79. The predicted molar refractivity (Wildman–Crippen MR) is 99.9 cm³/mol. The van der Waals surface area contributed by atoms with E-state index in [1.165, 1.54) is 6.07 Å². The van der Waals surface area contributed by atoms with Crippen molar-refractivity contribution in [2.75, 3.05) is 7.11 Å². The standard InChI is InChI=1S/C18H14Br2O4/c1-10-5-14(19)18(15(20)6-10)23-9-11-7-17(21)24-16-4-3-12(22-2)8-13(11)16/h3-8H,9H2,1-2H3. The van der Waals surface area contributed by atoms with Gasteiger partial charge in [0.15, 0.2) is 0 Å². The lowest BCUT2D eigenvalue weighted by molar-refractivity contribution is 0.302. The predicted octanol–water partition coefficient (Wildman–Crippen LogP) is 5.21. The van der Waals surface area contributed by atoms with Crippen molar-refractivity contribution in [3.05, 3.63) is 66.9 Å². The maximum absolute atomic E-state index is 11.8. The fourth-order valence-electron chi connectivity index (χ4n) is 2.43.